The normalized spacial score (nSPS) is 15.4. The number of amides is 2. The third-order valence-electron chi connectivity index (χ3n) is 4.99. The van der Waals surface area contributed by atoms with Crippen LogP contribution >= 0.6 is 57.6 Å². The van der Waals surface area contributed by atoms with Crippen LogP contribution in [0, 0.1) is 17.4 Å². The highest BCUT2D eigenvalue weighted by Gasteiger charge is 2.35. The molecule has 1 fully saturated rings. The van der Waals surface area contributed by atoms with Gasteiger partial charge in [-0.2, -0.15) is 0 Å². The minimum absolute atomic E-state index is 0.259. The van der Waals surface area contributed by atoms with E-state index in [-0.39, 0.29) is 17.7 Å². The van der Waals surface area contributed by atoms with Crippen molar-refractivity contribution in [3.05, 3.63) is 89.6 Å². The Hall–Kier alpha value is -1.74. The molecule has 0 radical (unpaired) electrons. The predicted molar refractivity (Wildman–Crippen MR) is 136 cm³/mol. The molecule has 4 rings (SSSR count). The fourth-order valence-corrected chi connectivity index (χ4v) is 5.25. The Morgan fingerprint density at radius 1 is 1.00 bits per heavy atom. The Bertz CT molecular complexity index is 1210. The third kappa shape index (κ3) is 4.72. The van der Waals surface area contributed by atoms with Gasteiger partial charge >= 0.3 is 0 Å². The number of rotatable bonds is 4. The minimum Gasteiger partial charge on any atom is -0.318 e. The van der Waals surface area contributed by atoms with Crippen LogP contribution in [0.2, 0.25) is 10.0 Å². The zero-order valence-corrected chi connectivity index (χ0v) is 21.1. The van der Waals surface area contributed by atoms with Gasteiger partial charge in [0.1, 0.15) is 0 Å². The van der Waals surface area contributed by atoms with Crippen molar-refractivity contribution in [3.8, 4) is 5.69 Å². The van der Waals surface area contributed by atoms with Crippen LogP contribution in [0.15, 0.2) is 53.4 Å². The van der Waals surface area contributed by atoms with Crippen LogP contribution in [-0.4, -0.2) is 20.6 Å². The van der Waals surface area contributed by atoms with E-state index in [1.807, 2.05) is 60.9 Å². The van der Waals surface area contributed by atoms with Gasteiger partial charge in [0.2, 0.25) is 0 Å². The Morgan fingerprint density at radius 2 is 1.65 bits per heavy atom. The van der Waals surface area contributed by atoms with Crippen molar-refractivity contribution < 1.29 is 9.59 Å². The highest BCUT2D eigenvalue weighted by Crippen LogP contribution is 2.35. The summed E-state index contributed by atoms with van der Waals surface area (Å²) in [6, 6.07) is 15.1. The molecule has 2 aromatic carbocycles. The summed E-state index contributed by atoms with van der Waals surface area (Å²) in [6.07, 6.45) is 1.78. The molecule has 3 aromatic rings. The number of hydrogen-bond donors (Lipinski definition) is 0. The lowest BCUT2D eigenvalue weighted by molar-refractivity contribution is -0.123. The van der Waals surface area contributed by atoms with E-state index in [4.69, 9.17) is 23.2 Å². The lowest BCUT2D eigenvalue weighted by Crippen LogP contribution is -2.27. The molecule has 8 heteroatoms. The second kappa shape index (κ2) is 9.02. The first kappa shape index (κ1) is 22.5. The number of benzene rings is 2. The van der Waals surface area contributed by atoms with Crippen LogP contribution in [0.5, 0.6) is 0 Å². The van der Waals surface area contributed by atoms with Gasteiger partial charge < -0.3 is 4.57 Å². The van der Waals surface area contributed by atoms with Crippen LogP contribution in [-0.2, 0) is 11.3 Å². The summed E-state index contributed by atoms with van der Waals surface area (Å²) in [7, 11) is 0. The molecule has 0 spiro atoms. The SMILES string of the molecule is Cc1cc(/C=C2\SC(=O)N(Cc3ccc(I)cc3)C2=O)c(C)n1-c1cc(Cl)cc(Cl)c1. The fraction of sp³-hybridized carbons (Fsp3) is 0.130. The van der Waals surface area contributed by atoms with Gasteiger partial charge in [-0.3, -0.25) is 14.5 Å². The largest absolute Gasteiger partial charge is 0.318 e. The van der Waals surface area contributed by atoms with E-state index in [0.717, 1.165) is 43.5 Å². The third-order valence-corrected chi connectivity index (χ3v) is 7.05. The monoisotopic (exact) mass is 582 g/mol. The standard InChI is InChI=1S/C23H17Cl2IN2O2S/c1-13-7-16(14(2)28(13)20-10-17(24)9-18(25)11-20)8-21-22(29)27(23(30)31-21)12-15-3-5-19(26)6-4-15/h3-11H,12H2,1-2H3/b21-8-. The number of aromatic nitrogens is 1. The number of carbonyl (C=O) groups excluding carboxylic acids is 2. The maximum atomic E-state index is 12.9. The highest BCUT2D eigenvalue weighted by molar-refractivity contribution is 14.1. The van der Waals surface area contributed by atoms with Gasteiger partial charge in [0.05, 0.1) is 11.4 Å². The Balaban J connectivity index is 1.64. The van der Waals surface area contributed by atoms with E-state index in [1.54, 1.807) is 12.1 Å². The van der Waals surface area contributed by atoms with E-state index in [2.05, 4.69) is 22.6 Å². The lowest BCUT2D eigenvalue weighted by atomic mass is 10.2. The van der Waals surface area contributed by atoms with E-state index < -0.39 is 0 Å². The Morgan fingerprint density at radius 3 is 2.29 bits per heavy atom. The molecule has 1 aliphatic rings. The van der Waals surface area contributed by atoms with Gasteiger partial charge in [-0.1, -0.05) is 35.3 Å². The molecule has 158 valence electrons. The summed E-state index contributed by atoms with van der Waals surface area (Å²) in [4.78, 5) is 27.1. The zero-order valence-electron chi connectivity index (χ0n) is 16.7. The first-order chi connectivity index (χ1) is 14.7. The van der Waals surface area contributed by atoms with Crippen LogP contribution in [0.1, 0.15) is 22.5 Å². The highest BCUT2D eigenvalue weighted by atomic mass is 127. The minimum atomic E-state index is -0.274. The first-order valence-electron chi connectivity index (χ1n) is 9.38. The van der Waals surface area contributed by atoms with Gasteiger partial charge in [0.25, 0.3) is 11.1 Å². The van der Waals surface area contributed by atoms with Gasteiger partial charge in [0.15, 0.2) is 0 Å². The van der Waals surface area contributed by atoms with Crippen molar-refractivity contribution in [2.45, 2.75) is 20.4 Å². The summed E-state index contributed by atoms with van der Waals surface area (Å²) < 4.78 is 3.13. The van der Waals surface area contributed by atoms with Crippen molar-refractivity contribution >= 4 is 74.8 Å². The molecule has 0 N–H and O–H groups in total. The smallest absolute Gasteiger partial charge is 0.293 e. The fourth-order valence-electron chi connectivity index (χ4n) is 3.55. The Labute approximate surface area is 208 Å². The number of thioether (sulfide) groups is 1. The molecule has 1 saturated heterocycles. The van der Waals surface area contributed by atoms with Crippen molar-refractivity contribution in [2.75, 3.05) is 0 Å². The summed E-state index contributed by atoms with van der Waals surface area (Å²) >= 11 is 15.5. The summed E-state index contributed by atoms with van der Waals surface area (Å²) in [5, 5.41) is 0.840. The number of halogens is 3. The number of nitrogens with zero attached hydrogens (tertiary/aromatic N) is 2. The summed E-state index contributed by atoms with van der Waals surface area (Å²) in [6.45, 7) is 4.20. The van der Waals surface area contributed by atoms with Crippen molar-refractivity contribution in [2.24, 2.45) is 0 Å². The van der Waals surface area contributed by atoms with Crippen LogP contribution in [0.25, 0.3) is 11.8 Å². The molecule has 2 heterocycles. The predicted octanol–water partition coefficient (Wildman–Crippen LogP) is 7.24. The van der Waals surface area contributed by atoms with Crippen LogP contribution < -0.4 is 0 Å². The quantitative estimate of drug-likeness (QED) is 0.240. The topological polar surface area (TPSA) is 42.3 Å². The molecule has 1 aliphatic heterocycles. The van der Waals surface area contributed by atoms with Gasteiger partial charge in [-0.05, 0) is 102 Å². The van der Waals surface area contributed by atoms with Gasteiger partial charge in [-0.25, -0.2) is 0 Å². The number of carbonyl (C=O) groups is 2. The molecule has 2 amide bonds. The molecule has 4 nitrogen and oxygen atoms in total. The second-order valence-electron chi connectivity index (χ2n) is 7.18. The van der Waals surface area contributed by atoms with Crippen LogP contribution in [0.4, 0.5) is 4.79 Å². The lowest BCUT2D eigenvalue weighted by Gasteiger charge is -2.12. The molecule has 0 saturated carbocycles. The van der Waals surface area contributed by atoms with E-state index in [0.29, 0.717) is 15.0 Å². The van der Waals surface area contributed by atoms with Gasteiger partial charge in [-0.15, -0.1) is 0 Å². The second-order valence-corrected chi connectivity index (χ2v) is 10.3. The molecule has 31 heavy (non-hydrogen) atoms. The average Bonchev–Trinajstić information content (AvgIpc) is 3.12. The summed E-state index contributed by atoms with van der Waals surface area (Å²) in [5.74, 6) is -0.274. The molecule has 0 aliphatic carbocycles. The van der Waals surface area contributed by atoms with E-state index in [9.17, 15) is 9.59 Å². The summed E-state index contributed by atoms with van der Waals surface area (Å²) in [5.41, 5.74) is 4.53. The average molecular weight is 583 g/mol. The van der Waals surface area contributed by atoms with Crippen LogP contribution in [0.3, 0.4) is 0 Å². The zero-order chi connectivity index (χ0) is 22.3. The Kier molecular flexibility index (Phi) is 6.53. The maximum Gasteiger partial charge on any atom is 0.293 e. The molecular formula is C23H17Cl2IN2O2S. The van der Waals surface area contributed by atoms with E-state index in [1.165, 1.54) is 4.90 Å². The number of aryl methyl sites for hydroxylation is 1. The molecule has 1 aromatic heterocycles. The van der Waals surface area contributed by atoms with Gasteiger partial charge in [0, 0.05) is 30.7 Å². The van der Waals surface area contributed by atoms with Crippen molar-refractivity contribution in [3.63, 3.8) is 0 Å². The molecule has 0 bridgehead atoms. The van der Waals surface area contributed by atoms with Crippen molar-refractivity contribution in [1.29, 1.82) is 0 Å². The van der Waals surface area contributed by atoms with Crippen molar-refractivity contribution in [1.82, 2.24) is 9.47 Å². The van der Waals surface area contributed by atoms with E-state index >= 15 is 0 Å². The number of imide groups is 1. The number of hydrogen-bond acceptors (Lipinski definition) is 3. The molecule has 0 unspecified atom stereocenters. The molecular weight excluding hydrogens is 566 g/mol. The maximum absolute atomic E-state index is 12.9. The first-order valence-corrected chi connectivity index (χ1v) is 12.0. The molecule has 0 atom stereocenters.